The molecule has 3 rings (SSSR count). The number of carbonyl (C=O) groups is 1. The average Bonchev–Trinajstić information content (AvgIpc) is 2.70. The second-order valence-electron chi connectivity index (χ2n) is 8.53. The number of halogens is 1. The first-order valence-electron chi connectivity index (χ1n) is 10.5. The maximum absolute atomic E-state index is 14.6. The minimum Gasteiger partial charge on any atom is -0.373 e. The van der Waals surface area contributed by atoms with Crippen molar-refractivity contribution in [3.8, 4) is 0 Å². The monoisotopic (exact) mass is 431 g/mol. The minimum absolute atomic E-state index is 0.199. The SMILES string of the molecule is CCc1ccc(Nc2c3c(cc(=O)n2C)CCN(OCCOC(C)(C)C)C3=O)c(F)c1. The van der Waals surface area contributed by atoms with Crippen LogP contribution in [-0.2, 0) is 29.5 Å². The lowest BCUT2D eigenvalue weighted by atomic mass is 10.0. The van der Waals surface area contributed by atoms with Gasteiger partial charge in [0.05, 0.1) is 36.6 Å². The first-order valence-corrected chi connectivity index (χ1v) is 10.5. The summed E-state index contributed by atoms with van der Waals surface area (Å²) < 4.78 is 21.5. The zero-order chi connectivity index (χ0) is 22.8. The van der Waals surface area contributed by atoms with Crippen LogP contribution < -0.4 is 10.9 Å². The quantitative estimate of drug-likeness (QED) is 0.679. The molecule has 0 radical (unpaired) electrons. The number of aromatic nitrogens is 1. The number of fused-ring (bicyclic) bond motifs is 1. The van der Waals surface area contributed by atoms with Crippen molar-refractivity contribution in [1.82, 2.24) is 9.63 Å². The number of pyridine rings is 1. The van der Waals surface area contributed by atoms with Crippen molar-refractivity contribution in [3.05, 3.63) is 57.1 Å². The Morgan fingerprint density at radius 3 is 2.55 bits per heavy atom. The topological polar surface area (TPSA) is 72.8 Å². The summed E-state index contributed by atoms with van der Waals surface area (Å²) in [6, 6.07) is 6.33. The molecule has 31 heavy (non-hydrogen) atoms. The number of amides is 1. The van der Waals surface area contributed by atoms with Gasteiger partial charge >= 0.3 is 0 Å². The predicted octanol–water partition coefficient (Wildman–Crippen LogP) is 3.58. The van der Waals surface area contributed by atoms with Gasteiger partial charge in [0.15, 0.2) is 0 Å². The van der Waals surface area contributed by atoms with Crippen LogP contribution >= 0.6 is 0 Å². The third-order valence-corrected chi connectivity index (χ3v) is 5.11. The zero-order valence-corrected chi connectivity index (χ0v) is 18.8. The highest BCUT2D eigenvalue weighted by molar-refractivity contribution is 6.01. The zero-order valence-electron chi connectivity index (χ0n) is 18.8. The normalized spacial score (nSPS) is 14.0. The highest BCUT2D eigenvalue weighted by atomic mass is 19.1. The van der Waals surface area contributed by atoms with E-state index in [1.54, 1.807) is 13.1 Å². The van der Waals surface area contributed by atoms with Crippen molar-refractivity contribution < 1.29 is 18.8 Å². The number of benzene rings is 1. The molecule has 168 valence electrons. The minimum atomic E-state index is -0.444. The van der Waals surface area contributed by atoms with Crippen molar-refractivity contribution in [1.29, 1.82) is 0 Å². The number of rotatable bonds is 7. The number of anilines is 2. The third-order valence-electron chi connectivity index (χ3n) is 5.11. The summed E-state index contributed by atoms with van der Waals surface area (Å²) in [5.74, 6) is -0.573. The van der Waals surface area contributed by atoms with Gasteiger partial charge in [0.1, 0.15) is 11.6 Å². The molecule has 2 aromatic rings. The molecule has 0 spiro atoms. The van der Waals surface area contributed by atoms with Gasteiger partial charge in [-0.1, -0.05) is 13.0 Å². The molecule has 0 saturated carbocycles. The van der Waals surface area contributed by atoms with Crippen molar-refractivity contribution in [2.45, 2.75) is 46.1 Å². The summed E-state index contributed by atoms with van der Waals surface area (Å²) >= 11 is 0. The largest absolute Gasteiger partial charge is 0.373 e. The lowest BCUT2D eigenvalue weighted by Gasteiger charge is -2.30. The lowest BCUT2D eigenvalue weighted by molar-refractivity contribution is -0.148. The fourth-order valence-electron chi connectivity index (χ4n) is 3.40. The Balaban J connectivity index is 1.87. The Morgan fingerprint density at radius 1 is 1.16 bits per heavy atom. The van der Waals surface area contributed by atoms with Crippen molar-refractivity contribution >= 4 is 17.4 Å². The summed E-state index contributed by atoms with van der Waals surface area (Å²) in [5, 5.41) is 4.24. The van der Waals surface area contributed by atoms with E-state index in [0.717, 1.165) is 5.56 Å². The fraction of sp³-hybridized carbons (Fsp3) is 0.478. The molecule has 8 heteroatoms. The molecule has 0 fully saturated rings. The van der Waals surface area contributed by atoms with E-state index in [1.807, 2.05) is 33.8 Å². The van der Waals surface area contributed by atoms with Gasteiger partial charge < -0.3 is 10.1 Å². The van der Waals surface area contributed by atoms with E-state index >= 15 is 0 Å². The average molecular weight is 432 g/mol. The van der Waals surface area contributed by atoms with Crippen molar-refractivity contribution in [2.75, 3.05) is 25.1 Å². The van der Waals surface area contributed by atoms with Crippen molar-refractivity contribution in [2.24, 2.45) is 7.05 Å². The Bertz CT molecular complexity index is 1030. The summed E-state index contributed by atoms with van der Waals surface area (Å²) in [6.45, 7) is 8.67. The molecule has 0 saturated heterocycles. The fourth-order valence-corrected chi connectivity index (χ4v) is 3.40. The van der Waals surface area contributed by atoms with Gasteiger partial charge in [-0.05, 0) is 56.9 Å². The molecule has 7 nitrogen and oxygen atoms in total. The van der Waals surface area contributed by atoms with Crippen LogP contribution in [0.25, 0.3) is 0 Å². The molecule has 1 aromatic carbocycles. The molecule has 1 aliphatic heterocycles. The molecule has 2 heterocycles. The number of carbonyl (C=O) groups excluding carboxylic acids is 1. The molecule has 0 unspecified atom stereocenters. The highest BCUT2D eigenvalue weighted by Gasteiger charge is 2.30. The second-order valence-corrected chi connectivity index (χ2v) is 8.53. The molecule has 1 N–H and O–H groups in total. The van der Waals surface area contributed by atoms with Gasteiger partial charge in [-0.3, -0.25) is 19.0 Å². The Labute approximate surface area is 181 Å². The van der Waals surface area contributed by atoms with Crippen LogP contribution in [0.2, 0.25) is 0 Å². The number of ether oxygens (including phenoxy) is 1. The van der Waals surface area contributed by atoms with Crippen LogP contribution in [0.1, 0.15) is 49.2 Å². The maximum atomic E-state index is 14.6. The van der Waals surface area contributed by atoms with Gasteiger partial charge in [0.25, 0.3) is 11.5 Å². The van der Waals surface area contributed by atoms with Gasteiger partial charge in [0.2, 0.25) is 0 Å². The van der Waals surface area contributed by atoms with Crippen LogP contribution in [-0.4, -0.2) is 40.9 Å². The van der Waals surface area contributed by atoms with E-state index in [1.165, 1.54) is 21.8 Å². The molecule has 1 aliphatic rings. The number of hydrogen-bond acceptors (Lipinski definition) is 5. The van der Waals surface area contributed by atoms with E-state index in [-0.39, 0.29) is 35.2 Å². The van der Waals surface area contributed by atoms with Gasteiger partial charge in [-0.15, -0.1) is 0 Å². The Kier molecular flexibility index (Phi) is 6.81. The second kappa shape index (κ2) is 9.20. The van der Waals surface area contributed by atoms with Crippen LogP contribution in [0.4, 0.5) is 15.9 Å². The first kappa shape index (κ1) is 23.0. The van der Waals surface area contributed by atoms with E-state index in [9.17, 15) is 14.0 Å². The number of hydrogen-bond donors (Lipinski definition) is 1. The van der Waals surface area contributed by atoms with Gasteiger partial charge in [-0.2, -0.15) is 0 Å². The Hall–Kier alpha value is -2.71. The maximum Gasteiger partial charge on any atom is 0.281 e. The van der Waals surface area contributed by atoms with Crippen molar-refractivity contribution in [3.63, 3.8) is 0 Å². The van der Waals surface area contributed by atoms with Crippen LogP contribution in [0, 0.1) is 5.82 Å². The van der Waals surface area contributed by atoms with E-state index in [2.05, 4.69) is 5.32 Å². The van der Waals surface area contributed by atoms with Gasteiger partial charge in [-0.25, -0.2) is 9.45 Å². The summed E-state index contributed by atoms with van der Waals surface area (Å²) in [4.78, 5) is 31.3. The number of hydroxylamine groups is 2. The number of aryl methyl sites for hydroxylation is 1. The number of nitrogens with zero attached hydrogens (tertiary/aromatic N) is 2. The van der Waals surface area contributed by atoms with Crippen LogP contribution in [0.5, 0.6) is 0 Å². The molecular weight excluding hydrogens is 401 g/mol. The first-order chi connectivity index (χ1) is 14.6. The molecule has 0 aliphatic carbocycles. The molecule has 0 atom stereocenters. The van der Waals surface area contributed by atoms with E-state index < -0.39 is 5.82 Å². The summed E-state index contributed by atoms with van der Waals surface area (Å²) in [6.07, 6.45) is 1.17. The third kappa shape index (κ3) is 5.32. The van der Waals surface area contributed by atoms with E-state index in [4.69, 9.17) is 9.57 Å². The van der Waals surface area contributed by atoms with Gasteiger partial charge in [0, 0.05) is 13.1 Å². The summed E-state index contributed by atoms with van der Waals surface area (Å²) in [7, 11) is 1.55. The van der Waals surface area contributed by atoms with Crippen LogP contribution in [0.15, 0.2) is 29.1 Å². The molecule has 1 amide bonds. The highest BCUT2D eigenvalue weighted by Crippen LogP contribution is 2.29. The smallest absolute Gasteiger partial charge is 0.281 e. The Morgan fingerprint density at radius 2 is 1.90 bits per heavy atom. The lowest BCUT2D eigenvalue weighted by Crippen LogP contribution is -2.41. The van der Waals surface area contributed by atoms with E-state index in [0.29, 0.717) is 37.1 Å². The molecule has 1 aromatic heterocycles. The standard InChI is InChI=1S/C23H30FN3O4/c1-6-15-7-8-18(17(24)13-15)25-21-20-16(14-19(28)26(21)5)9-10-27(22(20)29)31-12-11-30-23(2,3)4/h7-8,13-14,25H,6,9-12H2,1-5H3. The predicted molar refractivity (Wildman–Crippen MR) is 117 cm³/mol. The summed E-state index contributed by atoms with van der Waals surface area (Å²) in [5.41, 5.74) is 1.42. The molecular formula is C23H30FN3O4. The van der Waals surface area contributed by atoms with Crippen LogP contribution in [0.3, 0.4) is 0 Å². The number of nitrogens with one attached hydrogen (secondary N) is 1. The molecule has 0 bridgehead atoms.